The Balaban J connectivity index is 1.72. The van der Waals surface area contributed by atoms with E-state index < -0.39 is 11.4 Å². The van der Waals surface area contributed by atoms with Crippen LogP contribution >= 0.6 is 0 Å². The average molecular weight is 355 g/mol. The van der Waals surface area contributed by atoms with Crippen LogP contribution in [0, 0.1) is 5.41 Å². The van der Waals surface area contributed by atoms with Crippen LogP contribution in [0.25, 0.3) is 10.8 Å². The van der Waals surface area contributed by atoms with Crippen molar-refractivity contribution in [1.29, 1.82) is 0 Å². The molecule has 2 N–H and O–H groups in total. The zero-order valence-electron chi connectivity index (χ0n) is 15.1. The molecule has 0 spiro atoms. The number of carboxylic acids is 1. The molecule has 0 saturated heterocycles. The highest BCUT2D eigenvalue weighted by molar-refractivity contribution is 5.91. The number of amides is 1. The summed E-state index contributed by atoms with van der Waals surface area (Å²) >= 11 is 0. The zero-order chi connectivity index (χ0) is 18.6. The van der Waals surface area contributed by atoms with Crippen LogP contribution in [0.15, 0.2) is 36.4 Å². The zero-order valence-corrected chi connectivity index (χ0v) is 15.1. The maximum Gasteiger partial charge on any atom is 0.311 e. The summed E-state index contributed by atoms with van der Waals surface area (Å²) in [7, 11) is 1.62. The molecule has 2 aromatic carbocycles. The minimum atomic E-state index is -0.810. The highest BCUT2D eigenvalue weighted by Crippen LogP contribution is 2.36. The van der Waals surface area contributed by atoms with Gasteiger partial charge in [0.15, 0.2) is 0 Å². The van der Waals surface area contributed by atoms with Gasteiger partial charge in [-0.05, 0) is 41.3 Å². The lowest BCUT2D eigenvalue weighted by Gasteiger charge is -2.33. The van der Waals surface area contributed by atoms with E-state index in [0.717, 1.165) is 41.3 Å². The summed E-state index contributed by atoms with van der Waals surface area (Å²) in [5, 5.41) is 14.5. The monoisotopic (exact) mass is 355 g/mol. The van der Waals surface area contributed by atoms with Crippen molar-refractivity contribution in [3.63, 3.8) is 0 Å². The Morgan fingerprint density at radius 1 is 1.15 bits per heavy atom. The lowest BCUT2D eigenvalue weighted by Crippen LogP contribution is -2.44. The summed E-state index contributed by atoms with van der Waals surface area (Å²) in [6.07, 6.45) is 4.37. The number of fused-ring (bicyclic) bond motifs is 1. The fourth-order valence-electron chi connectivity index (χ4n) is 3.80. The number of aliphatic carboxylic acids is 1. The van der Waals surface area contributed by atoms with Crippen LogP contribution in [0.5, 0.6) is 5.75 Å². The fraction of sp³-hybridized carbons (Fsp3) is 0.429. The van der Waals surface area contributed by atoms with Gasteiger partial charge >= 0.3 is 5.97 Å². The number of nitrogens with one attached hydrogen (secondary N) is 1. The molecule has 26 heavy (non-hydrogen) atoms. The van der Waals surface area contributed by atoms with Gasteiger partial charge in [-0.2, -0.15) is 0 Å². The molecule has 0 unspecified atom stereocenters. The highest BCUT2D eigenvalue weighted by Gasteiger charge is 2.39. The maximum atomic E-state index is 12.5. The number of carbonyl (C=O) groups is 2. The van der Waals surface area contributed by atoms with Crippen molar-refractivity contribution in [2.24, 2.45) is 5.41 Å². The second-order valence-electron chi connectivity index (χ2n) is 7.10. The minimum absolute atomic E-state index is 0.147. The summed E-state index contributed by atoms with van der Waals surface area (Å²) in [4.78, 5) is 24.2. The van der Waals surface area contributed by atoms with Crippen LogP contribution in [-0.4, -0.2) is 30.6 Å². The van der Waals surface area contributed by atoms with Crippen molar-refractivity contribution in [2.75, 3.05) is 13.7 Å². The number of methoxy groups -OCH3 is 1. The molecule has 0 atom stereocenters. The molecular weight excluding hydrogens is 330 g/mol. The lowest BCUT2D eigenvalue weighted by atomic mass is 9.74. The number of hydrogen-bond donors (Lipinski definition) is 2. The molecule has 1 fully saturated rings. The number of carbonyl (C=O) groups excluding carboxylic acids is 1. The first-order valence-electron chi connectivity index (χ1n) is 9.10. The van der Waals surface area contributed by atoms with E-state index in [1.54, 1.807) is 7.11 Å². The summed E-state index contributed by atoms with van der Waals surface area (Å²) in [5.74, 6) is -0.198. The van der Waals surface area contributed by atoms with Crippen LogP contribution in [-0.2, 0) is 16.0 Å². The molecule has 138 valence electrons. The normalized spacial score (nSPS) is 16.2. The Morgan fingerprint density at radius 2 is 1.92 bits per heavy atom. The van der Waals surface area contributed by atoms with Crippen molar-refractivity contribution in [3.05, 3.63) is 42.0 Å². The Bertz CT molecular complexity index is 809. The highest BCUT2D eigenvalue weighted by atomic mass is 16.5. The predicted molar refractivity (Wildman–Crippen MR) is 100 cm³/mol. The number of rotatable bonds is 6. The average Bonchev–Trinajstić information content (AvgIpc) is 2.67. The van der Waals surface area contributed by atoms with Gasteiger partial charge in [0.1, 0.15) is 5.75 Å². The van der Waals surface area contributed by atoms with Crippen LogP contribution in [0.2, 0.25) is 0 Å². The van der Waals surface area contributed by atoms with Gasteiger partial charge < -0.3 is 15.2 Å². The molecule has 0 radical (unpaired) electrons. The van der Waals surface area contributed by atoms with Crippen LogP contribution in [0.4, 0.5) is 0 Å². The van der Waals surface area contributed by atoms with Crippen molar-refractivity contribution < 1.29 is 19.4 Å². The number of hydrogen-bond acceptors (Lipinski definition) is 3. The first-order valence-corrected chi connectivity index (χ1v) is 9.10. The summed E-state index contributed by atoms with van der Waals surface area (Å²) in [6.45, 7) is 0.204. The van der Waals surface area contributed by atoms with Crippen molar-refractivity contribution in [3.8, 4) is 5.75 Å². The first kappa shape index (κ1) is 18.2. The molecule has 0 aromatic heterocycles. The second-order valence-corrected chi connectivity index (χ2v) is 7.10. The van der Waals surface area contributed by atoms with Crippen LogP contribution in [0.3, 0.4) is 0 Å². The second kappa shape index (κ2) is 7.77. The van der Waals surface area contributed by atoms with E-state index in [1.807, 2.05) is 36.4 Å². The maximum absolute atomic E-state index is 12.5. The molecule has 0 bridgehead atoms. The number of carboxylic acid groups (broad SMARTS) is 1. The summed E-state index contributed by atoms with van der Waals surface area (Å²) in [6, 6.07) is 11.6. The standard InChI is InChI=1S/C21H25NO4/c1-26-17-9-8-15-6-5-7-16(18(15)13-17)12-19(23)22-14-21(20(24)25)10-3-2-4-11-21/h5-9,13H,2-4,10-12,14H2,1H3,(H,22,23)(H,24,25). The van der Waals surface area contributed by atoms with E-state index >= 15 is 0 Å². The van der Waals surface area contributed by atoms with E-state index in [1.165, 1.54) is 0 Å². The lowest BCUT2D eigenvalue weighted by molar-refractivity contribution is -0.151. The Labute approximate surface area is 153 Å². The van der Waals surface area contributed by atoms with Crippen LogP contribution in [0.1, 0.15) is 37.7 Å². The van der Waals surface area contributed by atoms with Gasteiger partial charge in [-0.25, -0.2) is 0 Å². The molecule has 3 rings (SSSR count). The third-order valence-corrected chi connectivity index (χ3v) is 5.42. The SMILES string of the molecule is COc1ccc2cccc(CC(=O)NCC3(C(=O)O)CCCCC3)c2c1. The summed E-state index contributed by atoms with van der Waals surface area (Å²) in [5.41, 5.74) is 0.0995. The molecule has 5 nitrogen and oxygen atoms in total. The molecule has 2 aromatic rings. The largest absolute Gasteiger partial charge is 0.497 e. The van der Waals surface area contributed by atoms with Gasteiger partial charge in [-0.1, -0.05) is 43.5 Å². The predicted octanol–water partition coefficient (Wildman–Crippen LogP) is 3.54. The first-order chi connectivity index (χ1) is 12.5. The molecular formula is C21H25NO4. The van der Waals surface area contributed by atoms with Gasteiger partial charge in [0, 0.05) is 6.54 Å². The van der Waals surface area contributed by atoms with Crippen molar-refractivity contribution in [2.45, 2.75) is 38.5 Å². The molecule has 5 heteroatoms. The molecule has 0 heterocycles. The van der Waals surface area contributed by atoms with Crippen molar-refractivity contribution >= 4 is 22.6 Å². The number of benzene rings is 2. The molecule has 1 saturated carbocycles. The molecule has 1 aliphatic carbocycles. The van der Waals surface area contributed by atoms with E-state index in [9.17, 15) is 14.7 Å². The van der Waals surface area contributed by atoms with Gasteiger partial charge in [0.05, 0.1) is 18.9 Å². The van der Waals surface area contributed by atoms with E-state index in [0.29, 0.717) is 12.8 Å². The quantitative estimate of drug-likeness (QED) is 0.831. The molecule has 1 aliphatic rings. The molecule has 0 aliphatic heterocycles. The Morgan fingerprint density at radius 3 is 2.62 bits per heavy atom. The van der Waals surface area contributed by atoms with Gasteiger partial charge in [-0.3, -0.25) is 9.59 Å². The van der Waals surface area contributed by atoms with Crippen molar-refractivity contribution in [1.82, 2.24) is 5.32 Å². The van der Waals surface area contributed by atoms with Crippen LogP contribution < -0.4 is 10.1 Å². The van der Waals surface area contributed by atoms with Gasteiger partial charge in [-0.15, -0.1) is 0 Å². The smallest absolute Gasteiger partial charge is 0.311 e. The topological polar surface area (TPSA) is 75.6 Å². The van der Waals surface area contributed by atoms with E-state index in [2.05, 4.69) is 5.32 Å². The van der Waals surface area contributed by atoms with E-state index in [4.69, 9.17) is 4.74 Å². The Hall–Kier alpha value is -2.56. The minimum Gasteiger partial charge on any atom is -0.497 e. The van der Waals surface area contributed by atoms with E-state index in [-0.39, 0.29) is 18.9 Å². The summed E-state index contributed by atoms with van der Waals surface area (Å²) < 4.78 is 5.28. The molecule has 1 amide bonds. The third kappa shape index (κ3) is 3.82. The van der Waals surface area contributed by atoms with Gasteiger partial charge in [0.2, 0.25) is 5.91 Å². The fourth-order valence-corrected chi connectivity index (χ4v) is 3.80. The third-order valence-electron chi connectivity index (χ3n) is 5.42. The van der Waals surface area contributed by atoms with Gasteiger partial charge in [0.25, 0.3) is 0 Å². The Kier molecular flexibility index (Phi) is 5.45. The number of ether oxygens (including phenoxy) is 1.